The Morgan fingerprint density at radius 2 is 1.30 bits per heavy atom. The van der Waals surface area contributed by atoms with Gasteiger partial charge in [-0.2, -0.15) is 0 Å². The molecule has 0 radical (unpaired) electrons. The average Bonchev–Trinajstić information content (AvgIpc) is 2.35. The van der Waals surface area contributed by atoms with Crippen LogP contribution in [0.15, 0.2) is 0 Å². The molecule has 5 heteroatoms. The quantitative estimate of drug-likeness (QED) is 0.337. The van der Waals surface area contributed by atoms with Crippen molar-refractivity contribution in [1.29, 1.82) is 0 Å². The first-order chi connectivity index (χ1) is 9.56. The zero-order chi connectivity index (χ0) is 15.2. The van der Waals surface area contributed by atoms with Crippen LogP contribution in [-0.4, -0.2) is 23.0 Å². The summed E-state index contributed by atoms with van der Waals surface area (Å²) in [6.07, 6.45) is 9.68. The van der Waals surface area contributed by atoms with E-state index in [1.165, 1.54) is 38.5 Å². The Morgan fingerprint density at radius 3 is 1.80 bits per heavy atom. The van der Waals surface area contributed by atoms with E-state index in [-0.39, 0.29) is 6.42 Å². The normalized spacial score (nSPS) is 10.2. The minimum absolute atomic E-state index is 0.182. The summed E-state index contributed by atoms with van der Waals surface area (Å²) in [6, 6.07) is 0. The predicted octanol–water partition coefficient (Wildman–Crippen LogP) is 3.45. The van der Waals surface area contributed by atoms with E-state index in [1.807, 2.05) is 0 Å². The van der Waals surface area contributed by atoms with E-state index in [0.717, 1.165) is 12.8 Å². The van der Waals surface area contributed by atoms with Gasteiger partial charge in [0.2, 0.25) is 0 Å². The van der Waals surface area contributed by atoms with Crippen molar-refractivity contribution in [1.82, 2.24) is 0 Å². The molecule has 5 nitrogen and oxygen atoms in total. The van der Waals surface area contributed by atoms with Crippen LogP contribution in [0, 0.1) is 0 Å². The van der Waals surface area contributed by atoms with Crippen molar-refractivity contribution in [2.45, 2.75) is 77.6 Å². The van der Waals surface area contributed by atoms with Crippen molar-refractivity contribution in [3.05, 3.63) is 0 Å². The molecule has 0 amide bonds. The lowest BCUT2D eigenvalue weighted by Crippen LogP contribution is -2.15. The molecule has 20 heavy (non-hydrogen) atoms. The first kappa shape index (κ1) is 18.6. The predicted molar refractivity (Wildman–Crippen MR) is 75.2 cm³/mol. The van der Waals surface area contributed by atoms with Crippen molar-refractivity contribution in [2.75, 3.05) is 0 Å². The van der Waals surface area contributed by atoms with Crippen LogP contribution in [0.3, 0.4) is 0 Å². The van der Waals surface area contributed by atoms with Crippen LogP contribution < -0.4 is 0 Å². The fourth-order valence-corrected chi connectivity index (χ4v) is 1.92. The number of aliphatic carboxylic acids is 1. The number of hydrogen-bond acceptors (Lipinski definition) is 4. The second kappa shape index (κ2) is 12.6. The van der Waals surface area contributed by atoms with E-state index in [4.69, 9.17) is 5.11 Å². The summed E-state index contributed by atoms with van der Waals surface area (Å²) in [7, 11) is 0. The van der Waals surface area contributed by atoms with Gasteiger partial charge in [0.05, 0.1) is 0 Å². The molecule has 0 aromatic heterocycles. The van der Waals surface area contributed by atoms with Gasteiger partial charge in [0.15, 0.2) is 0 Å². The van der Waals surface area contributed by atoms with Gasteiger partial charge in [0, 0.05) is 6.42 Å². The number of rotatable bonds is 12. The van der Waals surface area contributed by atoms with Crippen LogP contribution in [0.4, 0.5) is 0 Å². The fraction of sp³-hybridized carbons (Fsp3) is 0.800. The first-order valence-electron chi connectivity index (χ1n) is 7.51. The van der Waals surface area contributed by atoms with Crippen molar-refractivity contribution in [2.24, 2.45) is 0 Å². The summed E-state index contributed by atoms with van der Waals surface area (Å²) in [5.74, 6) is -2.90. The van der Waals surface area contributed by atoms with E-state index in [1.54, 1.807) is 0 Å². The molecule has 0 aromatic carbocycles. The summed E-state index contributed by atoms with van der Waals surface area (Å²) in [5, 5.41) is 8.34. The molecule has 0 spiro atoms. The maximum atomic E-state index is 11.2. The SMILES string of the molecule is CCCCCCCCCCCC(=O)OC(=O)CC(=O)O. The van der Waals surface area contributed by atoms with Gasteiger partial charge in [-0.3, -0.25) is 14.4 Å². The van der Waals surface area contributed by atoms with Gasteiger partial charge >= 0.3 is 17.9 Å². The molecule has 0 aromatic rings. The molecular weight excluding hydrogens is 260 g/mol. The minimum Gasteiger partial charge on any atom is -0.481 e. The molecular formula is C15H26O5. The molecule has 0 rings (SSSR count). The number of ether oxygens (including phenoxy) is 1. The number of carbonyl (C=O) groups is 3. The lowest BCUT2D eigenvalue weighted by molar-refractivity contribution is -0.161. The highest BCUT2D eigenvalue weighted by Gasteiger charge is 2.13. The van der Waals surface area contributed by atoms with Crippen molar-refractivity contribution < 1.29 is 24.2 Å². The molecule has 0 unspecified atom stereocenters. The maximum absolute atomic E-state index is 11.2. The molecule has 116 valence electrons. The highest BCUT2D eigenvalue weighted by Crippen LogP contribution is 2.10. The Hall–Kier alpha value is -1.39. The monoisotopic (exact) mass is 286 g/mol. The highest BCUT2D eigenvalue weighted by molar-refractivity contribution is 5.95. The molecule has 0 bridgehead atoms. The van der Waals surface area contributed by atoms with E-state index in [2.05, 4.69) is 11.7 Å². The Balaban J connectivity index is 3.35. The highest BCUT2D eigenvalue weighted by atomic mass is 16.6. The smallest absolute Gasteiger partial charge is 0.324 e. The second-order valence-corrected chi connectivity index (χ2v) is 5.00. The molecule has 0 heterocycles. The third kappa shape index (κ3) is 13.1. The standard InChI is InChI=1S/C15H26O5/c1-2-3-4-5-6-7-8-9-10-11-14(18)20-15(19)12-13(16)17/h2-12H2,1H3,(H,16,17). The number of esters is 2. The molecule has 0 saturated heterocycles. The molecule has 0 aliphatic carbocycles. The van der Waals surface area contributed by atoms with E-state index >= 15 is 0 Å². The zero-order valence-corrected chi connectivity index (χ0v) is 12.4. The maximum Gasteiger partial charge on any atom is 0.324 e. The summed E-state index contributed by atoms with van der Waals surface area (Å²) >= 11 is 0. The molecule has 1 N–H and O–H groups in total. The number of carboxylic acid groups (broad SMARTS) is 1. The van der Waals surface area contributed by atoms with Gasteiger partial charge in [-0.05, 0) is 6.42 Å². The Labute approximate surface area is 120 Å². The van der Waals surface area contributed by atoms with Crippen LogP contribution in [-0.2, 0) is 19.1 Å². The third-order valence-electron chi connectivity index (χ3n) is 3.01. The molecule has 0 saturated carbocycles. The van der Waals surface area contributed by atoms with E-state index in [0.29, 0.717) is 6.42 Å². The summed E-state index contributed by atoms with van der Waals surface area (Å²) < 4.78 is 4.37. The zero-order valence-electron chi connectivity index (χ0n) is 12.4. The van der Waals surface area contributed by atoms with Crippen molar-refractivity contribution in [3.8, 4) is 0 Å². The molecule has 0 atom stereocenters. The van der Waals surface area contributed by atoms with Crippen molar-refractivity contribution in [3.63, 3.8) is 0 Å². The second-order valence-electron chi connectivity index (χ2n) is 5.00. The fourth-order valence-electron chi connectivity index (χ4n) is 1.92. The number of unbranched alkanes of at least 4 members (excludes halogenated alkanes) is 8. The van der Waals surface area contributed by atoms with Crippen LogP contribution in [0.2, 0.25) is 0 Å². The van der Waals surface area contributed by atoms with Crippen LogP contribution >= 0.6 is 0 Å². The van der Waals surface area contributed by atoms with E-state index in [9.17, 15) is 14.4 Å². The number of carboxylic acids is 1. The van der Waals surface area contributed by atoms with Gasteiger partial charge in [0.25, 0.3) is 0 Å². The van der Waals surface area contributed by atoms with Gasteiger partial charge in [-0.1, -0.05) is 58.3 Å². The van der Waals surface area contributed by atoms with Gasteiger partial charge < -0.3 is 9.84 Å². The Morgan fingerprint density at radius 1 is 0.800 bits per heavy atom. The average molecular weight is 286 g/mol. The largest absolute Gasteiger partial charge is 0.481 e. The topological polar surface area (TPSA) is 80.7 Å². The summed E-state index contributed by atoms with van der Waals surface area (Å²) in [6.45, 7) is 2.19. The van der Waals surface area contributed by atoms with E-state index < -0.39 is 24.3 Å². The van der Waals surface area contributed by atoms with Gasteiger partial charge in [-0.25, -0.2) is 0 Å². The number of carbonyl (C=O) groups excluding carboxylic acids is 2. The summed E-state index contributed by atoms with van der Waals surface area (Å²) in [5.41, 5.74) is 0. The van der Waals surface area contributed by atoms with Crippen LogP contribution in [0.5, 0.6) is 0 Å². The molecule has 0 aliphatic rings. The Kier molecular flexibility index (Phi) is 11.8. The van der Waals surface area contributed by atoms with Crippen molar-refractivity contribution >= 4 is 17.9 Å². The molecule has 0 fully saturated rings. The third-order valence-corrected chi connectivity index (χ3v) is 3.01. The molecule has 0 aliphatic heterocycles. The lowest BCUT2D eigenvalue weighted by Gasteiger charge is -2.02. The Bertz CT molecular complexity index is 299. The minimum atomic E-state index is -1.29. The summed E-state index contributed by atoms with van der Waals surface area (Å²) in [4.78, 5) is 32.3. The van der Waals surface area contributed by atoms with Crippen LogP contribution in [0.1, 0.15) is 77.6 Å². The lowest BCUT2D eigenvalue weighted by atomic mass is 10.1. The van der Waals surface area contributed by atoms with Crippen LogP contribution in [0.25, 0.3) is 0 Å². The van der Waals surface area contributed by atoms with Gasteiger partial charge in [0.1, 0.15) is 6.42 Å². The first-order valence-corrected chi connectivity index (χ1v) is 7.51. The van der Waals surface area contributed by atoms with Gasteiger partial charge in [-0.15, -0.1) is 0 Å². The number of hydrogen-bond donors (Lipinski definition) is 1.